The van der Waals surface area contributed by atoms with Crippen molar-refractivity contribution in [2.75, 3.05) is 18.9 Å². The topological polar surface area (TPSA) is 21.3 Å². The van der Waals surface area contributed by atoms with Crippen molar-refractivity contribution in [3.63, 3.8) is 0 Å². The van der Waals surface area contributed by atoms with Crippen molar-refractivity contribution >= 4 is 24.2 Å². The number of rotatable bonds is 1. The van der Waals surface area contributed by atoms with E-state index in [2.05, 4.69) is 24.0 Å². The van der Waals surface area contributed by atoms with Crippen LogP contribution in [-0.2, 0) is 4.74 Å². The molecule has 0 aromatic carbocycles. The van der Waals surface area contributed by atoms with E-state index in [1.165, 1.54) is 25.0 Å². The van der Waals surface area contributed by atoms with Crippen LogP contribution in [-0.4, -0.2) is 29.9 Å². The molecular weight excluding hydrogens is 206 g/mol. The molecule has 0 spiro atoms. The first-order valence-electron chi connectivity index (χ1n) is 4.82. The van der Waals surface area contributed by atoms with E-state index in [0.717, 1.165) is 13.2 Å². The van der Waals surface area contributed by atoms with E-state index in [4.69, 9.17) is 4.74 Å². The molecule has 2 saturated heterocycles. The normalized spacial score (nSPS) is 39.9. The summed E-state index contributed by atoms with van der Waals surface area (Å²) < 4.78 is 5.75. The van der Waals surface area contributed by atoms with Crippen molar-refractivity contribution in [2.45, 2.75) is 37.2 Å². The fourth-order valence-corrected chi connectivity index (χ4v) is 3.45. The monoisotopic (exact) mass is 223 g/mol. The maximum absolute atomic E-state index is 5.75. The van der Waals surface area contributed by atoms with Gasteiger partial charge in [0.2, 0.25) is 0 Å². The van der Waals surface area contributed by atoms with Crippen LogP contribution in [0.1, 0.15) is 26.2 Å². The van der Waals surface area contributed by atoms with Crippen LogP contribution < -0.4 is 5.32 Å². The average Bonchev–Trinajstić information content (AvgIpc) is 2.55. The third-order valence-corrected chi connectivity index (χ3v) is 4.39. The third kappa shape index (κ3) is 2.52. The Balaban J connectivity index is 0.000000845. The van der Waals surface area contributed by atoms with Gasteiger partial charge >= 0.3 is 0 Å². The SMILES string of the molecule is CC1(C2CCCCS2)NCCO1.Cl. The number of hydrogen-bond acceptors (Lipinski definition) is 3. The molecule has 2 nitrogen and oxygen atoms in total. The van der Waals surface area contributed by atoms with Gasteiger partial charge < -0.3 is 4.74 Å². The quantitative estimate of drug-likeness (QED) is 0.735. The van der Waals surface area contributed by atoms with Gasteiger partial charge in [0.25, 0.3) is 0 Å². The molecule has 78 valence electrons. The molecule has 0 amide bonds. The number of ether oxygens (including phenoxy) is 1. The summed E-state index contributed by atoms with van der Waals surface area (Å²) in [7, 11) is 0. The van der Waals surface area contributed by atoms with Crippen LogP contribution in [0.2, 0.25) is 0 Å². The van der Waals surface area contributed by atoms with Crippen LogP contribution in [0.4, 0.5) is 0 Å². The minimum absolute atomic E-state index is 0. The summed E-state index contributed by atoms with van der Waals surface area (Å²) in [5.41, 5.74) is -0.0227. The zero-order valence-corrected chi connectivity index (χ0v) is 9.68. The van der Waals surface area contributed by atoms with Gasteiger partial charge in [-0.05, 0) is 25.5 Å². The highest BCUT2D eigenvalue weighted by Crippen LogP contribution is 2.34. The third-order valence-electron chi connectivity index (χ3n) is 2.77. The molecule has 2 fully saturated rings. The molecule has 2 heterocycles. The molecule has 0 aliphatic carbocycles. The lowest BCUT2D eigenvalue weighted by Crippen LogP contribution is -2.48. The van der Waals surface area contributed by atoms with Crippen molar-refractivity contribution in [1.82, 2.24) is 5.32 Å². The van der Waals surface area contributed by atoms with Crippen LogP contribution in [0.5, 0.6) is 0 Å². The molecule has 0 radical (unpaired) electrons. The molecule has 2 unspecified atom stereocenters. The lowest BCUT2D eigenvalue weighted by molar-refractivity contribution is 0.00228. The van der Waals surface area contributed by atoms with Crippen LogP contribution in [0.3, 0.4) is 0 Å². The van der Waals surface area contributed by atoms with Gasteiger partial charge in [-0.25, -0.2) is 0 Å². The summed E-state index contributed by atoms with van der Waals surface area (Å²) >= 11 is 2.07. The molecule has 0 aromatic heterocycles. The zero-order valence-electron chi connectivity index (χ0n) is 8.04. The van der Waals surface area contributed by atoms with Gasteiger partial charge in [-0.15, -0.1) is 12.4 Å². The van der Waals surface area contributed by atoms with Crippen LogP contribution in [0, 0.1) is 0 Å². The number of thioether (sulfide) groups is 1. The standard InChI is InChI=1S/C9H17NOS.ClH/c1-9(10-5-6-11-9)8-4-2-3-7-12-8;/h8,10H,2-7H2,1H3;1H. The highest BCUT2D eigenvalue weighted by Gasteiger charge is 2.38. The van der Waals surface area contributed by atoms with E-state index in [-0.39, 0.29) is 18.1 Å². The average molecular weight is 224 g/mol. The minimum atomic E-state index is -0.0227. The molecule has 2 atom stereocenters. The predicted molar refractivity (Wildman–Crippen MR) is 59.7 cm³/mol. The smallest absolute Gasteiger partial charge is 0.128 e. The lowest BCUT2D eigenvalue weighted by atomic mass is 10.1. The van der Waals surface area contributed by atoms with Crippen LogP contribution in [0.25, 0.3) is 0 Å². The van der Waals surface area contributed by atoms with Crippen molar-refractivity contribution in [2.24, 2.45) is 0 Å². The molecule has 0 aromatic rings. The Morgan fingerprint density at radius 1 is 1.46 bits per heavy atom. The summed E-state index contributed by atoms with van der Waals surface area (Å²) in [6.45, 7) is 4.10. The molecule has 2 rings (SSSR count). The highest BCUT2D eigenvalue weighted by atomic mass is 35.5. The molecular formula is C9H18ClNOS. The lowest BCUT2D eigenvalue weighted by Gasteiger charge is -2.35. The summed E-state index contributed by atoms with van der Waals surface area (Å²) in [6.07, 6.45) is 4.07. The van der Waals surface area contributed by atoms with Crippen molar-refractivity contribution in [3.8, 4) is 0 Å². The van der Waals surface area contributed by atoms with Gasteiger partial charge in [-0.2, -0.15) is 11.8 Å². The summed E-state index contributed by atoms with van der Waals surface area (Å²) in [5, 5.41) is 4.13. The number of halogens is 1. The van der Waals surface area contributed by atoms with Gasteiger partial charge in [-0.3, -0.25) is 5.32 Å². The van der Waals surface area contributed by atoms with Gasteiger partial charge in [0.15, 0.2) is 0 Å². The largest absolute Gasteiger partial charge is 0.358 e. The van der Waals surface area contributed by atoms with Crippen molar-refractivity contribution in [1.29, 1.82) is 0 Å². The first-order chi connectivity index (χ1) is 5.81. The van der Waals surface area contributed by atoms with E-state index < -0.39 is 0 Å². The highest BCUT2D eigenvalue weighted by molar-refractivity contribution is 8.00. The van der Waals surface area contributed by atoms with E-state index >= 15 is 0 Å². The Morgan fingerprint density at radius 2 is 2.31 bits per heavy atom. The molecule has 1 N–H and O–H groups in total. The Kier molecular flexibility index (Phi) is 4.36. The molecule has 0 saturated carbocycles. The van der Waals surface area contributed by atoms with Crippen molar-refractivity contribution < 1.29 is 4.74 Å². The molecule has 13 heavy (non-hydrogen) atoms. The summed E-state index contributed by atoms with van der Waals surface area (Å²) in [6, 6.07) is 0. The molecule has 2 aliphatic rings. The molecule has 0 bridgehead atoms. The maximum Gasteiger partial charge on any atom is 0.128 e. The van der Waals surface area contributed by atoms with E-state index in [1.807, 2.05) is 0 Å². The summed E-state index contributed by atoms with van der Waals surface area (Å²) in [5.74, 6) is 1.31. The van der Waals surface area contributed by atoms with Gasteiger partial charge in [0.1, 0.15) is 5.72 Å². The molecule has 4 heteroatoms. The van der Waals surface area contributed by atoms with Gasteiger partial charge in [-0.1, -0.05) is 6.42 Å². The number of nitrogens with one attached hydrogen (secondary N) is 1. The fraction of sp³-hybridized carbons (Fsp3) is 1.00. The van der Waals surface area contributed by atoms with Crippen LogP contribution in [0.15, 0.2) is 0 Å². The second-order valence-corrected chi connectivity index (χ2v) is 5.05. The van der Waals surface area contributed by atoms with Crippen molar-refractivity contribution in [3.05, 3.63) is 0 Å². The van der Waals surface area contributed by atoms with E-state index in [9.17, 15) is 0 Å². The zero-order chi connectivity index (χ0) is 8.44. The first kappa shape index (κ1) is 11.6. The number of hydrogen-bond donors (Lipinski definition) is 1. The second-order valence-electron chi connectivity index (χ2n) is 3.74. The Labute approximate surface area is 90.6 Å². The fourth-order valence-electron chi connectivity index (χ4n) is 2.00. The molecule has 2 aliphatic heterocycles. The van der Waals surface area contributed by atoms with E-state index in [0.29, 0.717) is 5.25 Å². The van der Waals surface area contributed by atoms with E-state index in [1.54, 1.807) is 0 Å². The first-order valence-corrected chi connectivity index (χ1v) is 5.87. The maximum atomic E-state index is 5.75. The Hall–Kier alpha value is 0.560. The second kappa shape index (κ2) is 4.87. The summed E-state index contributed by atoms with van der Waals surface area (Å²) in [4.78, 5) is 0. The van der Waals surface area contributed by atoms with Gasteiger partial charge in [0.05, 0.1) is 6.61 Å². The predicted octanol–water partition coefficient (Wildman–Crippen LogP) is 2.03. The van der Waals surface area contributed by atoms with Crippen LogP contribution >= 0.6 is 24.2 Å². The van der Waals surface area contributed by atoms with Gasteiger partial charge in [0, 0.05) is 11.8 Å². The Bertz CT molecular complexity index is 156. The Morgan fingerprint density at radius 3 is 2.85 bits per heavy atom. The minimum Gasteiger partial charge on any atom is -0.358 e.